The van der Waals surface area contributed by atoms with Gasteiger partial charge < -0.3 is 5.32 Å². The number of nitrogen functional groups attached to an aromatic ring is 1. The molecule has 0 unspecified atom stereocenters. The predicted octanol–water partition coefficient (Wildman–Crippen LogP) is 2.58. The van der Waals surface area contributed by atoms with Crippen LogP contribution in [0, 0.1) is 22.7 Å². The van der Waals surface area contributed by atoms with Gasteiger partial charge in [-0.15, -0.1) is 0 Å². The summed E-state index contributed by atoms with van der Waals surface area (Å²) < 4.78 is 0. The van der Waals surface area contributed by atoms with E-state index in [1.165, 1.54) is 6.07 Å². The number of nitrogens with zero attached hydrogens (tertiary/aromatic N) is 2. The highest BCUT2D eigenvalue weighted by atomic mass is 35.5. The molecule has 1 aromatic carbocycles. The largest absolute Gasteiger partial charge is 0.355 e. The molecule has 1 aromatic heterocycles. The van der Waals surface area contributed by atoms with Gasteiger partial charge in [0.05, 0.1) is 5.75 Å². The Morgan fingerprint density at radius 3 is 2.62 bits per heavy atom. The number of hydrogen-bond donors (Lipinski definition) is 2. The van der Waals surface area contributed by atoms with Gasteiger partial charge in [0.25, 0.3) is 5.82 Å². The number of aromatic nitrogens is 1. The maximum Gasteiger partial charge on any atom is 0.289 e. The van der Waals surface area contributed by atoms with Gasteiger partial charge in [-0.1, -0.05) is 41.0 Å². The van der Waals surface area contributed by atoms with E-state index in [1.54, 1.807) is 12.1 Å². The van der Waals surface area contributed by atoms with E-state index in [1.807, 2.05) is 18.2 Å². The molecule has 0 saturated carbocycles. The molecule has 1 heterocycles. The van der Waals surface area contributed by atoms with E-state index in [0.717, 1.165) is 17.3 Å². The van der Waals surface area contributed by atoms with Crippen molar-refractivity contribution in [3.8, 4) is 12.1 Å². The fourth-order valence-corrected chi connectivity index (χ4v) is 3.41. The first-order chi connectivity index (χ1) is 12.4. The zero-order valence-electron chi connectivity index (χ0n) is 13.5. The summed E-state index contributed by atoms with van der Waals surface area (Å²) in [6, 6.07) is 10.5. The minimum Gasteiger partial charge on any atom is -0.355 e. The van der Waals surface area contributed by atoms with Crippen LogP contribution in [-0.4, -0.2) is 18.2 Å². The molecule has 2 rings (SSSR count). The Bertz CT molecular complexity index is 921. The number of benzene rings is 1. The van der Waals surface area contributed by atoms with Crippen LogP contribution < -0.4 is 16.0 Å². The Morgan fingerprint density at radius 1 is 1.23 bits per heavy atom. The Balaban J connectivity index is 1.88. The summed E-state index contributed by atoms with van der Waals surface area (Å²) in [6.45, 7) is 0.422. The molecular formula is C17H14Cl2N5OS+. The van der Waals surface area contributed by atoms with Crippen LogP contribution in [0.5, 0.6) is 0 Å². The van der Waals surface area contributed by atoms with Gasteiger partial charge in [0, 0.05) is 16.6 Å². The second-order valence-electron chi connectivity index (χ2n) is 5.19. The quantitative estimate of drug-likeness (QED) is 0.714. The third-order valence-electron chi connectivity index (χ3n) is 3.39. The van der Waals surface area contributed by atoms with Gasteiger partial charge in [-0.25, -0.2) is 4.98 Å². The lowest BCUT2D eigenvalue weighted by atomic mass is 10.1. The number of H-pyrrole nitrogens is 1. The second kappa shape index (κ2) is 9.30. The lowest BCUT2D eigenvalue weighted by Crippen LogP contribution is -2.28. The summed E-state index contributed by atoms with van der Waals surface area (Å²) in [5.74, 6) is 0.0670. The minimum absolute atomic E-state index is 0.102. The van der Waals surface area contributed by atoms with Crippen LogP contribution >= 0.6 is 35.0 Å². The van der Waals surface area contributed by atoms with Gasteiger partial charge in [0.15, 0.2) is 5.03 Å². The lowest BCUT2D eigenvalue weighted by Gasteiger charge is -2.07. The Hall–Kier alpha value is -2.45. The smallest absolute Gasteiger partial charge is 0.289 e. The summed E-state index contributed by atoms with van der Waals surface area (Å²) in [5.41, 5.74) is 7.06. The van der Waals surface area contributed by atoms with Crippen LogP contribution in [0.15, 0.2) is 29.3 Å². The van der Waals surface area contributed by atoms with Crippen LogP contribution in [0.1, 0.15) is 16.7 Å². The summed E-state index contributed by atoms with van der Waals surface area (Å²) in [7, 11) is 0. The molecule has 0 aliphatic heterocycles. The number of rotatable bonds is 6. The summed E-state index contributed by atoms with van der Waals surface area (Å²) in [5, 5.41) is 22.4. The Kier molecular flexibility index (Phi) is 7.11. The van der Waals surface area contributed by atoms with Crippen molar-refractivity contribution in [2.45, 2.75) is 11.4 Å². The molecule has 0 radical (unpaired) electrons. The van der Waals surface area contributed by atoms with Gasteiger partial charge in [-0.05, 0) is 30.2 Å². The summed E-state index contributed by atoms with van der Waals surface area (Å²) >= 11 is 13.1. The monoisotopic (exact) mass is 406 g/mol. The number of pyridine rings is 1. The van der Waals surface area contributed by atoms with Crippen molar-refractivity contribution < 1.29 is 9.78 Å². The topological polar surface area (TPSA) is 117 Å². The molecule has 0 aliphatic carbocycles. The van der Waals surface area contributed by atoms with E-state index in [9.17, 15) is 4.79 Å². The van der Waals surface area contributed by atoms with Crippen molar-refractivity contribution in [3.63, 3.8) is 0 Å². The molecule has 0 atom stereocenters. The normalized spacial score (nSPS) is 10.0. The molecule has 6 nitrogen and oxygen atoms in total. The maximum absolute atomic E-state index is 12.0. The van der Waals surface area contributed by atoms with Crippen molar-refractivity contribution in [2.75, 3.05) is 18.0 Å². The van der Waals surface area contributed by atoms with Crippen LogP contribution in [-0.2, 0) is 11.2 Å². The van der Waals surface area contributed by atoms with E-state index in [-0.39, 0.29) is 28.6 Å². The Labute approximate surface area is 164 Å². The zero-order valence-corrected chi connectivity index (χ0v) is 15.8. The highest BCUT2D eigenvalue weighted by Crippen LogP contribution is 2.22. The van der Waals surface area contributed by atoms with Crippen molar-refractivity contribution in [1.82, 2.24) is 5.32 Å². The van der Waals surface area contributed by atoms with Crippen LogP contribution in [0.3, 0.4) is 0 Å². The van der Waals surface area contributed by atoms with E-state index < -0.39 is 0 Å². The number of halogens is 2. The number of amides is 1. The highest BCUT2D eigenvalue weighted by molar-refractivity contribution is 7.99. The van der Waals surface area contributed by atoms with Crippen molar-refractivity contribution in [2.24, 2.45) is 0 Å². The number of thioether (sulfide) groups is 1. The number of carbonyl (C=O) groups is 1. The average Bonchev–Trinajstić information content (AvgIpc) is 2.61. The average molecular weight is 407 g/mol. The number of nitriles is 2. The number of anilines is 1. The van der Waals surface area contributed by atoms with E-state index in [4.69, 9.17) is 39.5 Å². The number of carbonyl (C=O) groups excluding carboxylic acids is 1. The SMILES string of the molecule is N#Cc1cc(C#N)c(SCC(=O)NCCc2ccc(Cl)cc2Cl)[nH+]c1N. The molecule has 0 aliphatic rings. The van der Waals surface area contributed by atoms with E-state index in [2.05, 4.69) is 10.3 Å². The minimum atomic E-state index is -0.194. The highest BCUT2D eigenvalue weighted by Gasteiger charge is 2.15. The molecule has 0 bridgehead atoms. The van der Waals surface area contributed by atoms with E-state index >= 15 is 0 Å². The molecule has 4 N–H and O–H groups in total. The fourth-order valence-electron chi connectivity index (χ4n) is 2.08. The molecular weight excluding hydrogens is 393 g/mol. The summed E-state index contributed by atoms with van der Waals surface area (Å²) in [4.78, 5) is 14.8. The van der Waals surface area contributed by atoms with E-state index in [0.29, 0.717) is 28.0 Å². The van der Waals surface area contributed by atoms with Crippen molar-refractivity contribution in [1.29, 1.82) is 10.5 Å². The fraction of sp³-hybridized carbons (Fsp3) is 0.176. The number of aromatic amines is 1. The first kappa shape index (κ1) is 19.9. The molecule has 26 heavy (non-hydrogen) atoms. The number of hydrogen-bond acceptors (Lipinski definition) is 5. The molecule has 2 aromatic rings. The standard InChI is InChI=1S/C17H13Cl2N5OS/c18-13-2-1-10(14(19)6-13)3-4-23-15(25)9-26-17-12(8-21)5-11(7-20)16(22)24-17/h1-2,5-6H,3-4,9H2,(H2,22,24)(H,23,25)/p+1. The first-order valence-corrected chi connectivity index (χ1v) is 9.18. The van der Waals surface area contributed by atoms with Crippen molar-refractivity contribution >= 4 is 46.7 Å². The lowest BCUT2D eigenvalue weighted by molar-refractivity contribution is -0.410. The van der Waals surface area contributed by atoms with Crippen molar-refractivity contribution in [3.05, 3.63) is 51.0 Å². The molecule has 1 amide bonds. The molecule has 132 valence electrons. The number of nitrogens with one attached hydrogen (secondary N) is 2. The van der Waals surface area contributed by atoms with Gasteiger partial charge in [0.1, 0.15) is 23.3 Å². The molecule has 9 heteroatoms. The van der Waals surface area contributed by atoms with Gasteiger partial charge in [0.2, 0.25) is 5.91 Å². The van der Waals surface area contributed by atoms with Crippen LogP contribution in [0.2, 0.25) is 10.0 Å². The molecule has 0 fully saturated rings. The third-order valence-corrected chi connectivity index (χ3v) is 5.00. The predicted molar refractivity (Wildman–Crippen MR) is 101 cm³/mol. The van der Waals surface area contributed by atoms with Gasteiger partial charge in [-0.3, -0.25) is 10.5 Å². The third kappa shape index (κ3) is 5.27. The summed E-state index contributed by atoms with van der Waals surface area (Å²) in [6.07, 6.45) is 0.575. The zero-order chi connectivity index (χ0) is 19.1. The van der Waals surface area contributed by atoms with Gasteiger partial charge in [-0.2, -0.15) is 10.5 Å². The molecule has 0 spiro atoms. The molecule has 0 saturated heterocycles. The maximum atomic E-state index is 12.0. The van der Waals surface area contributed by atoms with Gasteiger partial charge >= 0.3 is 0 Å². The van der Waals surface area contributed by atoms with Crippen LogP contribution in [0.4, 0.5) is 5.82 Å². The second-order valence-corrected chi connectivity index (χ2v) is 7.02. The Morgan fingerprint density at radius 2 is 1.96 bits per heavy atom. The number of nitrogens with two attached hydrogens (primary N) is 1. The first-order valence-electron chi connectivity index (χ1n) is 7.44. The van der Waals surface area contributed by atoms with Crippen LogP contribution in [0.25, 0.3) is 0 Å².